The highest BCUT2D eigenvalue weighted by Crippen LogP contribution is 2.24. The van der Waals surface area contributed by atoms with Gasteiger partial charge < -0.3 is 15.5 Å². The standard InChI is InChI=1S/C19H22FN3O/c1-14-9-11-23(12-10-14)18-7-5-16(6-8-18)21-19(24)22-17-4-2-3-15(20)13-17/h2-8,13-14H,9-12H2,1H3,(H2,21,22,24). The first-order valence-electron chi connectivity index (χ1n) is 8.29. The fourth-order valence-corrected chi connectivity index (χ4v) is 2.88. The lowest BCUT2D eigenvalue weighted by atomic mass is 9.99. The second kappa shape index (κ2) is 7.34. The van der Waals surface area contributed by atoms with Crippen LogP contribution >= 0.6 is 0 Å². The molecule has 1 saturated heterocycles. The van der Waals surface area contributed by atoms with E-state index in [9.17, 15) is 9.18 Å². The van der Waals surface area contributed by atoms with Crippen LogP contribution in [-0.4, -0.2) is 19.1 Å². The number of carbonyl (C=O) groups excluding carboxylic acids is 1. The lowest BCUT2D eigenvalue weighted by Crippen LogP contribution is -2.32. The van der Waals surface area contributed by atoms with Gasteiger partial charge >= 0.3 is 6.03 Å². The van der Waals surface area contributed by atoms with Gasteiger partial charge in [-0.3, -0.25) is 0 Å². The van der Waals surface area contributed by atoms with Gasteiger partial charge in [0.15, 0.2) is 0 Å². The van der Waals surface area contributed by atoms with Crippen LogP contribution in [0.4, 0.5) is 26.2 Å². The van der Waals surface area contributed by atoms with Crippen molar-refractivity contribution in [1.29, 1.82) is 0 Å². The largest absolute Gasteiger partial charge is 0.372 e. The molecule has 0 spiro atoms. The normalized spacial score (nSPS) is 15.2. The number of urea groups is 1. The molecule has 2 amide bonds. The minimum Gasteiger partial charge on any atom is -0.372 e. The van der Waals surface area contributed by atoms with Crippen molar-refractivity contribution < 1.29 is 9.18 Å². The summed E-state index contributed by atoms with van der Waals surface area (Å²) in [4.78, 5) is 14.3. The maximum atomic E-state index is 13.1. The summed E-state index contributed by atoms with van der Waals surface area (Å²) in [7, 11) is 0. The third-order valence-electron chi connectivity index (χ3n) is 4.36. The number of benzene rings is 2. The highest BCUT2D eigenvalue weighted by molar-refractivity contribution is 5.99. The molecule has 2 aromatic rings. The van der Waals surface area contributed by atoms with Crippen LogP contribution in [0.25, 0.3) is 0 Å². The van der Waals surface area contributed by atoms with E-state index < -0.39 is 0 Å². The van der Waals surface area contributed by atoms with Crippen molar-refractivity contribution in [1.82, 2.24) is 0 Å². The monoisotopic (exact) mass is 327 g/mol. The van der Waals surface area contributed by atoms with Crippen LogP contribution in [0.1, 0.15) is 19.8 Å². The molecule has 3 rings (SSSR count). The molecule has 0 aliphatic carbocycles. The fourth-order valence-electron chi connectivity index (χ4n) is 2.88. The molecular weight excluding hydrogens is 305 g/mol. The highest BCUT2D eigenvalue weighted by Gasteiger charge is 2.15. The first-order valence-corrected chi connectivity index (χ1v) is 8.29. The third kappa shape index (κ3) is 4.25. The third-order valence-corrected chi connectivity index (χ3v) is 4.36. The van der Waals surface area contributed by atoms with Gasteiger partial charge in [0.2, 0.25) is 0 Å². The Hall–Kier alpha value is -2.56. The van der Waals surface area contributed by atoms with Gasteiger partial charge in [-0.15, -0.1) is 0 Å². The zero-order chi connectivity index (χ0) is 16.9. The quantitative estimate of drug-likeness (QED) is 0.858. The van der Waals surface area contributed by atoms with Gasteiger partial charge in [-0.2, -0.15) is 0 Å². The maximum Gasteiger partial charge on any atom is 0.323 e. The van der Waals surface area contributed by atoms with Gasteiger partial charge in [0.05, 0.1) is 0 Å². The van der Waals surface area contributed by atoms with Crippen LogP contribution in [-0.2, 0) is 0 Å². The van der Waals surface area contributed by atoms with Crippen molar-refractivity contribution in [2.45, 2.75) is 19.8 Å². The van der Waals surface area contributed by atoms with Crippen molar-refractivity contribution in [3.05, 3.63) is 54.3 Å². The number of nitrogens with one attached hydrogen (secondary N) is 2. The lowest BCUT2D eigenvalue weighted by Gasteiger charge is -2.32. The Morgan fingerprint density at radius 3 is 2.38 bits per heavy atom. The molecule has 0 radical (unpaired) electrons. The predicted octanol–water partition coefficient (Wildman–Crippen LogP) is 4.71. The van der Waals surface area contributed by atoms with Gasteiger partial charge in [0, 0.05) is 30.2 Å². The van der Waals surface area contributed by atoms with E-state index in [2.05, 4.69) is 22.5 Å². The van der Waals surface area contributed by atoms with E-state index in [1.165, 1.54) is 30.7 Å². The summed E-state index contributed by atoms with van der Waals surface area (Å²) in [6, 6.07) is 13.2. The van der Waals surface area contributed by atoms with E-state index >= 15 is 0 Å². The molecule has 0 atom stereocenters. The summed E-state index contributed by atoms with van der Waals surface area (Å²) in [6.45, 7) is 4.45. The van der Waals surface area contributed by atoms with Crippen molar-refractivity contribution in [2.75, 3.05) is 28.6 Å². The lowest BCUT2D eigenvalue weighted by molar-refractivity contribution is 0.262. The minimum atomic E-state index is -0.389. The molecule has 1 heterocycles. The number of nitrogens with zero attached hydrogens (tertiary/aromatic N) is 1. The van der Waals surface area contributed by atoms with Crippen LogP contribution in [0, 0.1) is 11.7 Å². The molecule has 1 fully saturated rings. The van der Waals surface area contributed by atoms with Crippen molar-refractivity contribution in [3.63, 3.8) is 0 Å². The average Bonchev–Trinajstić information content (AvgIpc) is 2.56. The molecule has 0 aromatic heterocycles. The van der Waals surface area contributed by atoms with Crippen molar-refractivity contribution in [3.8, 4) is 0 Å². The van der Waals surface area contributed by atoms with Gasteiger partial charge in [-0.25, -0.2) is 9.18 Å². The number of rotatable bonds is 3. The van der Waals surface area contributed by atoms with Crippen LogP contribution in [0.15, 0.2) is 48.5 Å². The van der Waals surface area contributed by atoms with E-state index in [1.54, 1.807) is 12.1 Å². The Morgan fingerprint density at radius 2 is 1.71 bits per heavy atom. The average molecular weight is 327 g/mol. The molecule has 2 aromatic carbocycles. The first kappa shape index (κ1) is 16.3. The summed E-state index contributed by atoms with van der Waals surface area (Å²) in [6.07, 6.45) is 2.44. The highest BCUT2D eigenvalue weighted by atomic mass is 19.1. The van der Waals surface area contributed by atoms with E-state index in [-0.39, 0.29) is 11.8 Å². The van der Waals surface area contributed by atoms with Crippen LogP contribution in [0.3, 0.4) is 0 Å². The number of hydrogen-bond donors (Lipinski definition) is 2. The predicted molar refractivity (Wildman–Crippen MR) is 96.1 cm³/mol. The SMILES string of the molecule is CC1CCN(c2ccc(NC(=O)Nc3cccc(F)c3)cc2)CC1. The number of hydrogen-bond acceptors (Lipinski definition) is 2. The molecular formula is C19H22FN3O. The molecule has 0 bridgehead atoms. The van der Waals surface area contributed by atoms with Gasteiger partial charge in [-0.1, -0.05) is 13.0 Å². The number of anilines is 3. The summed E-state index contributed by atoms with van der Waals surface area (Å²) in [5.41, 5.74) is 2.31. The minimum absolute atomic E-state index is 0.381. The van der Waals surface area contributed by atoms with E-state index in [4.69, 9.17) is 0 Å². The summed E-state index contributed by atoms with van der Waals surface area (Å²) in [5, 5.41) is 5.37. The Morgan fingerprint density at radius 1 is 1.04 bits per heavy atom. The first-order chi connectivity index (χ1) is 11.6. The molecule has 1 aliphatic heterocycles. The molecule has 1 aliphatic rings. The Balaban J connectivity index is 1.56. The molecule has 2 N–H and O–H groups in total. The van der Waals surface area contributed by atoms with E-state index in [0.29, 0.717) is 11.4 Å². The molecule has 126 valence electrons. The zero-order valence-electron chi connectivity index (χ0n) is 13.8. The second-order valence-electron chi connectivity index (χ2n) is 6.31. The summed E-state index contributed by atoms with van der Waals surface area (Å²) < 4.78 is 13.1. The Labute approximate surface area is 141 Å². The second-order valence-corrected chi connectivity index (χ2v) is 6.31. The van der Waals surface area contributed by atoms with Crippen LogP contribution in [0.5, 0.6) is 0 Å². The summed E-state index contributed by atoms with van der Waals surface area (Å²) in [5.74, 6) is 0.418. The number of amides is 2. The van der Waals surface area contributed by atoms with E-state index in [1.807, 2.05) is 24.3 Å². The van der Waals surface area contributed by atoms with Gasteiger partial charge in [0.1, 0.15) is 5.82 Å². The van der Waals surface area contributed by atoms with Crippen LogP contribution < -0.4 is 15.5 Å². The summed E-state index contributed by atoms with van der Waals surface area (Å²) >= 11 is 0. The van der Waals surface area contributed by atoms with Crippen molar-refractivity contribution >= 4 is 23.1 Å². The van der Waals surface area contributed by atoms with Crippen molar-refractivity contribution in [2.24, 2.45) is 5.92 Å². The number of piperidine rings is 1. The fraction of sp³-hybridized carbons (Fsp3) is 0.316. The topological polar surface area (TPSA) is 44.4 Å². The molecule has 0 unspecified atom stereocenters. The molecule has 0 saturated carbocycles. The number of halogens is 1. The molecule has 5 heteroatoms. The maximum absolute atomic E-state index is 13.1. The molecule has 24 heavy (non-hydrogen) atoms. The van der Waals surface area contributed by atoms with Crippen LogP contribution in [0.2, 0.25) is 0 Å². The van der Waals surface area contributed by atoms with E-state index in [0.717, 1.165) is 19.0 Å². The zero-order valence-corrected chi connectivity index (χ0v) is 13.8. The van der Waals surface area contributed by atoms with Gasteiger partial charge in [0.25, 0.3) is 0 Å². The smallest absolute Gasteiger partial charge is 0.323 e. The number of carbonyl (C=O) groups is 1. The molecule has 4 nitrogen and oxygen atoms in total. The Kier molecular flexibility index (Phi) is 4.99. The van der Waals surface area contributed by atoms with Gasteiger partial charge in [-0.05, 0) is 61.2 Å². The Bertz CT molecular complexity index is 694.